The van der Waals surface area contributed by atoms with Crippen molar-refractivity contribution in [1.82, 2.24) is 0 Å². The van der Waals surface area contributed by atoms with Crippen LogP contribution in [0.5, 0.6) is 0 Å². The fourth-order valence-electron chi connectivity index (χ4n) is 0. The third-order valence-corrected chi connectivity index (χ3v) is 1.02. The molecule has 1 unspecified atom stereocenters. The first-order valence-corrected chi connectivity index (χ1v) is 3.45. The summed E-state index contributed by atoms with van der Waals surface area (Å²) >= 11 is 0. The summed E-state index contributed by atoms with van der Waals surface area (Å²) in [4.78, 5) is 8.16. The van der Waals surface area contributed by atoms with Gasteiger partial charge in [-0.15, -0.1) is 0 Å². The molecule has 7 heavy (non-hydrogen) atoms. The van der Waals surface area contributed by atoms with Crippen LogP contribution in [0.25, 0.3) is 0 Å². The lowest BCUT2D eigenvalue weighted by atomic mass is 11.8. The largest absolute Gasteiger partial charge is 0.324 e. The maximum atomic E-state index is 9.92. The van der Waals surface area contributed by atoms with E-state index in [2.05, 4.69) is 4.52 Å². The summed E-state index contributed by atoms with van der Waals surface area (Å²) in [6.45, 7) is 1.13. The van der Waals surface area contributed by atoms with Gasteiger partial charge in [-0.2, -0.15) is 0 Å². The van der Waals surface area contributed by atoms with Crippen LogP contribution in [-0.4, -0.2) is 41.7 Å². The van der Waals surface area contributed by atoms with Crippen LogP contribution in [-0.2, 0) is 9.09 Å². The Morgan fingerprint density at radius 2 is 1.86 bits per heavy atom. The van der Waals surface area contributed by atoms with Crippen LogP contribution >= 0.6 is 7.60 Å². The average molecular weight is 136 g/mol. The first-order chi connectivity index (χ1) is 2.56. The summed E-state index contributed by atoms with van der Waals surface area (Å²) in [6, 6.07) is 0. The molecule has 0 fully saturated rings. The maximum Gasteiger partial charge on any atom is 0.324 e. The Morgan fingerprint density at radius 1 is 1.71 bits per heavy atom. The highest BCUT2D eigenvalue weighted by molar-refractivity contribution is 7.51. The number of hydrogen-bond acceptors (Lipinski definition) is 2. The van der Waals surface area contributed by atoms with Crippen LogP contribution in [0.1, 0.15) is 0 Å². The lowest BCUT2D eigenvalue weighted by molar-refractivity contribution is 0.322. The van der Waals surface area contributed by atoms with Gasteiger partial charge in [-0.05, 0) is 0 Å². The van der Waals surface area contributed by atoms with Crippen molar-refractivity contribution in [1.29, 1.82) is 0 Å². The van der Waals surface area contributed by atoms with E-state index in [4.69, 9.17) is 4.89 Å². The molecule has 0 aliphatic carbocycles. The van der Waals surface area contributed by atoms with Crippen LogP contribution in [0.4, 0.5) is 0 Å². The Kier molecular flexibility index (Phi) is 5.97. The molecule has 0 saturated heterocycles. The highest BCUT2D eigenvalue weighted by Crippen LogP contribution is 2.34. The molecule has 0 aromatic heterocycles. The van der Waals surface area contributed by atoms with Crippen molar-refractivity contribution >= 4 is 30.6 Å². The molecule has 0 heterocycles. The van der Waals surface area contributed by atoms with Gasteiger partial charge in [-0.25, -0.2) is 0 Å². The van der Waals surface area contributed by atoms with Gasteiger partial charge in [-0.3, -0.25) is 4.57 Å². The molecule has 3 nitrogen and oxygen atoms in total. The Labute approximate surface area is 58.7 Å². The zero-order chi connectivity index (χ0) is 5.21. The highest BCUT2D eigenvalue weighted by Gasteiger charge is 2.02. The number of hydrogen-bond donors (Lipinski definition) is 1. The fraction of sp³-hybridized carbons (Fsp3) is 1.00. The molecule has 0 aromatic carbocycles. The quantitative estimate of drug-likeness (QED) is 0.392. The van der Waals surface area contributed by atoms with Crippen molar-refractivity contribution < 1.29 is 14.0 Å². The lowest BCUT2D eigenvalue weighted by Gasteiger charge is -1.96. The van der Waals surface area contributed by atoms with Gasteiger partial charge in [-0.1, -0.05) is 0 Å². The number of rotatable bonds is 1. The van der Waals surface area contributed by atoms with Gasteiger partial charge in [0.05, 0.1) is 0 Å². The van der Waals surface area contributed by atoms with E-state index in [-0.39, 0.29) is 23.1 Å². The molecule has 0 aliphatic rings. The van der Waals surface area contributed by atoms with Crippen LogP contribution < -0.4 is 0 Å². The first-order valence-electron chi connectivity index (χ1n) is 1.42. The van der Waals surface area contributed by atoms with Crippen molar-refractivity contribution in [3.8, 4) is 0 Å². The summed E-state index contributed by atoms with van der Waals surface area (Å²) in [6.07, 6.45) is 0. The van der Waals surface area contributed by atoms with E-state index in [0.29, 0.717) is 0 Å². The minimum atomic E-state index is -3.15. The van der Waals surface area contributed by atoms with Crippen LogP contribution in [0.15, 0.2) is 0 Å². The smallest absolute Gasteiger partial charge is 0.324 e. The monoisotopic (exact) mass is 136 g/mol. The summed E-state index contributed by atoms with van der Waals surface area (Å²) in [5, 5.41) is 0. The molecule has 0 aromatic rings. The Hall–Kier alpha value is 0.916. The molecule has 0 aliphatic heterocycles. The zero-order valence-corrected chi connectivity index (χ0v) is 4.61. The molecule has 0 bridgehead atoms. The minimum Gasteiger partial charge on any atom is -0.324 e. The SMILES string of the molecule is COP(C)(=O)O.[MgH2]. The molecule has 0 amide bonds. The van der Waals surface area contributed by atoms with Gasteiger partial charge in [0.1, 0.15) is 0 Å². The normalized spacial score (nSPS) is 17.0. The minimum absolute atomic E-state index is 0. The van der Waals surface area contributed by atoms with E-state index >= 15 is 0 Å². The van der Waals surface area contributed by atoms with Gasteiger partial charge in [0.15, 0.2) is 0 Å². The molecule has 5 heteroatoms. The second-order valence-corrected chi connectivity index (χ2v) is 2.96. The first kappa shape index (κ1) is 10.8. The Balaban J connectivity index is 0. The topological polar surface area (TPSA) is 46.5 Å². The van der Waals surface area contributed by atoms with E-state index in [1.165, 1.54) is 7.11 Å². The molecule has 0 radical (unpaired) electrons. The van der Waals surface area contributed by atoms with Gasteiger partial charge in [0.25, 0.3) is 0 Å². The fourth-order valence-corrected chi connectivity index (χ4v) is 0. The van der Waals surface area contributed by atoms with E-state index in [1.54, 1.807) is 0 Å². The maximum absolute atomic E-state index is 9.92. The average Bonchev–Trinajstić information content (AvgIpc) is 1.35. The van der Waals surface area contributed by atoms with E-state index < -0.39 is 7.60 Å². The van der Waals surface area contributed by atoms with Crippen molar-refractivity contribution in [3.05, 3.63) is 0 Å². The van der Waals surface area contributed by atoms with Gasteiger partial charge < -0.3 is 9.42 Å². The van der Waals surface area contributed by atoms with Crippen LogP contribution in [0.2, 0.25) is 0 Å². The second kappa shape index (κ2) is 3.86. The molecule has 1 atom stereocenters. The third-order valence-electron chi connectivity index (χ3n) is 0.339. The molecule has 0 rings (SSSR count). The molecule has 42 valence electrons. The van der Waals surface area contributed by atoms with Crippen molar-refractivity contribution in [2.45, 2.75) is 0 Å². The predicted molar refractivity (Wildman–Crippen MR) is 31.3 cm³/mol. The molecule has 0 saturated carbocycles. The Bertz CT molecular complexity index is 77.0. The predicted octanol–water partition coefficient (Wildman–Crippen LogP) is -0.468. The van der Waals surface area contributed by atoms with Crippen molar-refractivity contribution in [3.63, 3.8) is 0 Å². The highest BCUT2D eigenvalue weighted by atomic mass is 31.2. The van der Waals surface area contributed by atoms with Gasteiger partial charge in [0.2, 0.25) is 0 Å². The van der Waals surface area contributed by atoms with E-state index in [1.807, 2.05) is 0 Å². The standard InChI is InChI=1S/C2H7O3P.Mg.2H/c1-5-6(2,3)4;;;/h1-2H3,(H,3,4);;;. The van der Waals surface area contributed by atoms with E-state index in [0.717, 1.165) is 6.66 Å². The lowest BCUT2D eigenvalue weighted by Crippen LogP contribution is -1.75. The van der Waals surface area contributed by atoms with Crippen molar-refractivity contribution in [2.24, 2.45) is 0 Å². The van der Waals surface area contributed by atoms with Crippen molar-refractivity contribution in [2.75, 3.05) is 13.8 Å². The van der Waals surface area contributed by atoms with Gasteiger partial charge in [0, 0.05) is 13.8 Å². The van der Waals surface area contributed by atoms with E-state index in [9.17, 15) is 4.57 Å². The third kappa shape index (κ3) is 10.9. The van der Waals surface area contributed by atoms with Crippen LogP contribution in [0.3, 0.4) is 0 Å². The summed E-state index contributed by atoms with van der Waals surface area (Å²) < 4.78 is 14.0. The summed E-state index contributed by atoms with van der Waals surface area (Å²) in [7, 11) is -1.95. The molecule has 0 spiro atoms. The zero-order valence-electron chi connectivity index (χ0n) is 3.71. The second-order valence-electron chi connectivity index (χ2n) is 0.986. The Morgan fingerprint density at radius 3 is 1.86 bits per heavy atom. The van der Waals surface area contributed by atoms with Gasteiger partial charge >= 0.3 is 30.6 Å². The molecular weight excluding hydrogens is 127 g/mol. The molecule has 1 N–H and O–H groups in total. The summed E-state index contributed by atoms with van der Waals surface area (Å²) in [5.74, 6) is 0. The molecular formula is C2H9MgO3P. The summed E-state index contributed by atoms with van der Waals surface area (Å²) in [5.41, 5.74) is 0. The van der Waals surface area contributed by atoms with Crippen LogP contribution in [0, 0.1) is 0 Å².